The molecule has 1 fully saturated rings. The van der Waals surface area contributed by atoms with Gasteiger partial charge in [0.1, 0.15) is 11.6 Å². The van der Waals surface area contributed by atoms with E-state index in [4.69, 9.17) is 18.9 Å². The molecule has 1 aliphatic heterocycles. The summed E-state index contributed by atoms with van der Waals surface area (Å²) in [4.78, 5) is 39.7. The highest BCUT2D eigenvalue weighted by Gasteiger charge is 2.24. The molecule has 2 amide bonds. The quantitative estimate of drug-likeness (QED) is 0.197. The minimum atomic E-state index is -1.30. The minimum absolute atomic E-state index is 0.0175. The van der Waals surface area contributed by atoms with Crippen molar-refractivity contribution in [2.24, 2.45) is 0 Å². The van der Waals surface area contributed by atoms with Crippen molar-refractivity contribution in [1.29, 1.82) is 0 Å². The van der Waals surface area contributed by atoms with E-state index in [-0.39, 0.29) is 35.2 Å². The van der Waals surface area contributed by atoms with Crippen LogP contribution in [0.25, 0.3) is 0 Å². The molecule has 0 bridgehead atoms. The Kier molecular flexibility index (Phi) is 12.4. The second kappa shape index (κ2) is 16.7. The van der Waals surface area contributed by atoms with E-state index in [9.17, 15) is 14.7 Å². The van der Waals surface area contributed by atoms with E-state index < -0.39 is 6.09 Å². The number of anilines is 4. The van der Waals surface area contributed by atoms with E-state index >= 15 is 0 Å². The Hall–Kier alpha value is -4.82. The molecule has 0 radical (unpaired) electrons. The molecule has 3 N–H and O–H groups in total. The Morgan fingerprint density at radius 1 is 1.00 bits per heavy atom. The summed E-state index contributed by atoms with van der Waals surface area (Å²) >= 11 is 0. The molecule has 0 aliphatic carbocycles. The molecule has 3 aromatic rings. The van der Waals surface area contributed by atoms with Crippen molar-refractivity contribution in [3.8, 4) is 23.0 Å². The number of amides is 2. The van der Waals surface area contributed by atoms with Crippen LogP contribution in [0.5, 0.6) is 23.0 Å². The van der Waals surface area contributed by atoms with Gasteiger partial charge in [-0.25, -0.2) is 14.7 Å². The van der Waals surface area contributed by atoms with E-state index in [1.54, 1.807) is 25.3 Å². The van der Waals surface area contributed by atoms with Crippen LogP contribution in [0.4, 0.5) is 27.9 Å². The van der Waals surface area contributed by atoms with Crippen molar-refractivity contribution in [3.63, 3.8) is 0 Å². The fourth-order valence-corrected chi connectivity index (χ4v) is 5.05. The Labute approximate surface area is 275 Å². The molecule has 14 nitrogen and oxygen atoms in total. The first-order chi connectivity index (χ1) is 22.7. The number of carbonyl (C=O) groups excluding carboxylic acids is 1. The fourth-order valence-electron chi connectivity index (χ4n) is 5.05. The van der Waals surface area contributed by atoms with Gasteiger partial charge in [-0.05, 0) is 45.0 Å². The van der Waals surface area contributed by atoms with Gasteiger partial charge < -0.3 is 44.5 Å². The number of carbonyl (C=O) groups is 2. The molecule has 1 aromatic heterocycles. The van der Waals surface area contributed by atoms with Gasteiger partial charge in [0.2, 0.25) is 11.7 Å². The Bertz CT molecular complexity index is 1510. The zero-order chi connectivity index (χ0) is 33.9. The van der Waals surface area contributed by atoms with Crippen molar-refractivity contribution in [2.45, 2.75) is 32.7 Å². The maximum Gasteiger partial charge on any atom is 0.417 e. The molecule has 0 spiro atoms. The zero-order valence-corrected chi connectivity index (χ0v) is 27.9. The van der Waals surface area contributed by atoms with Crippen LogP contribution in [-0.4, -0.2) is 111 Å². The predicted octanol–water partition coefficient (Wildman–Crippen LogP) is 4.61. The summed E-state index contributed by atoms with van der Waals surface area (Å²) in [6.45, 7) is 9.49. The van der Waals surface area contributed by atoms with Crippen molar-refractivity contribution >= 4 is 35.1 Å². The fraction of sp³-hybridized carbons (Fsp3) is 0.455. The average Bonchev–Trinajstić information content (AvgIpc) is 3.07. The first-order valence-electron chi connectivity index (χ1n) is 15.6. The highest BCUT2D eigenvalue weighted by Crippen LogP contribution is 2.41. The molecule has 1 aliphatic rings. The van der Waals surface area contributed by atoms with Gasteiger partial charge in [-0.2, -0.15) is 4.98 Å². The Morgan fingerprint density at radius 2 is 1.72 bits per heavy atom. The maximum absolute atomic E-state index is 12.7. The standard InChI is InChI=1S/C33H45N7O7/c1-7-22(2)35-31(41)23-9-10-25(26(19-23)44-4)40(33(42)43)29-11-12-34-32(37-29)36-24-20-27(45-5)30(46-6)28(21-24)47-18-8-13-39-16-14-38(3)15-17-39/h9-12,19-22H,7-8,13-18H2,1-6H3,(H,35,41)(H,42,43)(H,34,36,37). The van der Waals surface area contributed by atoms with Gasteiger partial charge in [-0.3, -0.25) is 4.79 Å². The maximum atomic E-state index is 12.7. The van der Waals surface area contributed by atoms with E-state index in [1.807, 2.05) is 13.8 Å². The number of likely N-dealkylation sites (N-methyl/N-ethyl adjacent to an activating group) is 1. The zero-order valence-electron chi connectivity index (χ0n) is 27.9. The van der Waals surface area contributed by atoms with Crippen molar-refractivity contribution in [3.05, 3.63) is 48.2 Å². The Morgan fingerprint density at radius 3 is 2.38 bits per heavy atom. The van der Waals surface area contributed by atoms with Gasteiger partial charge in [-0.1, -0.05) is 6.92 Å². The number of hydrogen-bond acceptors (Lipinski definition) is 11. The average molecular weight is 652 g/mol. The summed E-state index contributed by atoms with van der Waals surface area (Å²) in [6, 6.07) is 9.47. The highest BCUT2D eigenvalue weighted by molar-refractivity contribution is 5.99. The third kappa shape index (κ3) is 9.14. The number of piperazine rings is 1. The normalized spacial score (nSPS) is 14.2. The first kappa shape index (κ1) is 35.0. The van der Waals surface area contributed by atoms with Gasteiger partial charge in [0, 0.05) is 74.4 Å². The lowest BCUT2D eigenvalue weighted by atomic mass is 10.1. The molecule has 1 atom stereocenters. The topological polar surface area (TPSA) is 151 Å². The highest BCUT2D eigenvalue weighted by atomic mass is 16.5. The molecule has 2 heterocycles. The third-order valence-electron chi connectivity index (χ3n) is 7.91. The lowest BCUT2D eigenvalue weighted by molar-refractivity contribution is 0.0939. The number of benzene rings is 2. The molecule has 1 saturated heterocycles. The monoisotopic (exact) mass is 651 g/mol. The number of rotatable bonds is 15. The summed E-state index contributed by atoms with van der Waals surface area (Å²) in [5.74, 6) is 1.48. The molecule has 2 aromatic carbocycles. The molecule has 254 valence electrons. The Balaban J connectivity index is 1.54. The van der Waals surface area contributed by atoms with Gasteiger partial charge in [0.25, 0.3) is 5.91 Å². The van der Waals surface area contributed by atoms with Crippen molar-refractivity contribution < 1.29 is 33.6 Å². The summed E-state index contributed by atoms with van der Waals surface area (Å²) < 4.78 is 22.8. The van der Waals surface area contributed by atoms with Crippen LogP contribution in [-0.2, 0) is 0 Å². The molecule has 1 unspecified atom stereocenters. The van der Waals surface area contributed by atoms with Crippen LogP contribution in [0.15, 0.2) is 42.6 Å². The van der Waals surface area contributed by atoms with Crippen LogP contribution >= 0.6 is 0 Å². The largest absolute Gasteiger partial charge is 0.495 e. The predicted molar refractivity (Wildman–Crippen MR) is 179 cm³/mol. The summed E-state index contributed by atoms with van der Waals surface area (Å²) in [6.07, 6.45) is 1.75. The van der Waals surface area contributed by atoms with Crippen LogP contribution in [0.2, 0.25) is 0 Å². The van der Waals surface area contributed by atoms with Crippen LogP contribution in [0.3, 0.4) is 0 Å². The molecular weight excluding hydrogens is 606 g/mol. The molecular formula is C33H45N7O7. The number of nitrogens with one attached hydrogen (secondary N) is 2. The van der Waals surface area contributed by atoms with E-state index in [0.29, 0.717) is 35.1 Å². The lowest BCUT2D eigenvalue weighted by Crippen LogP contribution is -2.44. The number of nitrogens with zero attached hydrogens (tertiary/aromatic N) is 5. The summed E-state index contributed by atoms with van der Waals surface area (Å²) in [5.41, 5.74) is 1.07. The molecule has 0 saturated carbocycles. The second-order valence-corrected chi connectivity index (χ2v) is 11.2. The van der Waals surface area contributed by atoms with Crippen LogP contribution in [0.1, 0.15) is 37.0 Å². The third-order valence-corrected chi connectivity index (χ3v) is 7.91. The van der Waals surface area contributed by atoms with Crippen molar-refractivity contribution in [1.82, 2.24) is 25.1 Å². The summed E-state index contributed by atoms with van der Waals surface area (Å²) in [7, 11) is 6.63. The number of aromatic nitrogens is 2. The second-order valence-electron chi connectivity index (χ2n) is 11.2. The van der Waals surface area contributed by atoms with Crippen LogP contribution < -0.4 is 34.5 Å². The molecule has 4 rings (SSSR count). The van der Waals surface area contributed by atoms with E-state index in [2.05, 4.69) is 37.4 Å². The van der Waals surface area contributed by atoms with Crippen LogP contribution in [0, 0.1) is 0 Å². The number of ether oxygens (including phenoxy) is 4. The SMILES string of the molecule is CCC(C)NC(=O)c1ccc(N(C(=O)O)c2ccnc(Nc3cc(OC)c(OC)c(OCCCN4CCN(C)CC4)c3)n2)c(OC)c1. The molecule has 14 heteroatoms. The number of methoxy groups -OCH3 is 3. The summed E-state index contributed by atoms with van der Waals surface area (Å²) in [5, 5.41) is 16.2. The van der Waals surface area contributed by atoms with Gasteiger partial charge >= 0.3 is 6.09 Å². The van der Waals surface area contributed by atoms with Gasteiger partial charge in [0.15, 0.2) is 11.5 Å². The molecule has 47 heavy (non-hydrogen) atoms. The lowest BCUT2D eigenvalue weighted by Gasteiger charge is -2.32. The van der Waals surface area contributed by atoms with E-state index in [0.717, 1.165) is 50.5 Å². The first-order valence-corrected chi connectivity index (χ1v) is 15.6. The van der Waals surface area contributed by atoms with E-state index in [1.165, 1.54) is 38.6 Å². The smallest absolute Gasteiger partial charge is 0.417 e. The van der Waals surface area contributed by atoms with Gasteiger partial charge in [0.05, 0.1) is 33.6 Å². The van der Waals surface area contributed by atoms with Crippen molar-refractivity contribution in [2.75, 3.05) is 77.9 Å². The number of carboxylic acid groups (broad SMARTS) is 1. The van der Waals surface area contributed by atoms with Gasteiger partial charge in [-0.15, -0.1) is 0 Å². The minimum Gasteiger partial charge on any atom is -0.495 e. The number of hydrogen-bond donors (Lipinski definition) is 3.